The maximum atomic E-state index is 3.83. The molecule has 0 saturated heterocycles. The van der Waals surface area contributed by atoms with Gasteiger partial charge in [0.05, 0.1) is 11.4 Å². The second kappa shape index (κ2) is 3.59. The molecule has 1 aromatic heterocycles. The van der Waals surface area contributed by atoms with Gasteiger partial charge < -0.3 is 0 Å². The number of aromatic nitrogens is 4. The lowest BCUT2D eigenvalue weighted by Gasteiger charge is -2.13. The van der Waals surface area contributed by atoms with Gasteiger partial charge in [0.1, 0.15) is 12.7 Å². The molecule has 2 heterocycles. The molecule has 2 N–H and O–H groups in total. The molecule has 0 fully saturated rings. The van der Waals surface area contributed by atoms with Crippen LogP contribution in [0.25, 0.3) is 5.69 Å². The molecule has 0 atom stereocenters. The molecule has 0 radical (unpaired) electrons. The molecular formula is C8H8N8. The van der Waals surface area contributed by atoms with Gasteiger partial charge in [0.15, 0.2) is 0 Å². The largest absolute Gasteiger partial charge is 0.245 e. The summed E-state index contributed by atoms with van der Waals surface area (Å²) in [5.41, 5.74) is 7.28. The van der Waals surface area contributed by atoms with Crippen molar-refractivity contribution in [3.8, 4) is 5.69 Å². The zero-order chi connectivity index (χ0) is 10.8. The van der Waals surface area contributed by atoms with Gasteiger partial charge in [-0.15, -0.1) is 10.6 Å². The summed E-state index contributed by atoms with van der Waals surface area (Å²) in [4.78, 5) is 0. The van der Waals surface area contributed by atoms with Gasteiger partial charge >= 0.3 is 0 Å². The number of hydrogen-bond acceptors (Lipinski definition) is 7. The van der Waals surface area contributed by atoms with Crippen LogP contribution in [0.4, 0.5) is 5.69 Å². The Morgan fingerprint density at radius 1 is 1.19 bits per heavy atom. The summed E-state index contributed by atoms with van der Waals surface area (Å²) in [6.45, 7) is 0. The van der Waals surface area contributed by atoms with Gasteiger partial charge in [-0.3, -0.25) is 0 Å². The molecule has 0 spiro atoms. The Kier molecular flexibility index (Phi) is 1.97. The van der Waals surface area contributed by atoms with Crippen LogP contribution in [-0.2, 0) is 0 Å². The number of rotatable bonds is 2. The lowest BCUT2D eigenvalue weighted by atomic mass is 10.3. The third-order valence-corrected chi connectivity index (χ3v) is 2.13. The molecular weight excluding hydrogens is 208 g/mol. The lowest BCUT2D eigenvalue weighted by molar-refractivity contribution is 0.623. The minimum Gasteiger partial charge on any atom is -0.245 e. The second-order valence-electron chi connectivity index (χ2n) is 3.11. The van der Waals surface area contributed by atoms with Crippen LogP contribution in [0.3, 0.4) is 0 Å². The normalized spacial score (nSPS) is 14.1. The van der Waals surface area contributed by atoms with Crippen molar-refractivity contribution in [2.24, 2.45) is 5.10 Å². The highest BCUT2D eigenvalue weighted by Gasteiger charge is 2.08. The van der Waals surface area contributed by atoms with Crippen molar-refractivity contribution in [2.45, 2.75) is 0 Å². The van der Waals surface area contributed by atoms with Crippen LogP contribution >= 0.6 is 0 Å². The Morgan fingerprint density at radius 3 is 2.88 bits per heavy atom. The van der Waals surface area contributed by atoms with Crippen molar-refractivity contribution in [3.05, 3.63) is 30.6 Å². The molecule has 1 aliphatic rings. The fourth-order valence-electron chi connectivity index (χ4n) is 1.39. The van der Waals surface area contributed by atoms with Crippen molar-refractivity contribution in [1.29, 1.82) is 0 Å². The Morgan fingerprint density at radius 2 is 2.12 bits per heavy atom. The molecule has 0 bridgehead atoms. The van der Waals surface area contributed by atoms with Gasteiger partial charge in [0.25, 0.3) is 0 Å². The first kappa shape index (κ1) is 8.80. The molecule has 80 valence electrons. The van der Waals surface area contributed by atoms with Crippen molar-refractivity contribution in [2.75, 3.05) is 5.01 Å². The Labute approximate surface area is 90.5 Å². The molecule has 0 unspecified atom stereocenters. The van der Waals surface area contributed by atoms with E-state index in [9.17, 15) is 0 Å². The van der Waals surface area contributed by atoms with Crippen molar-refractivity contribution in [1.82, 2.24) is 31.3 Å². The van der Waals surface area contributed by atoms with E-state index in [4.69, 9.17) is 0 Å². The van der Waals surface area contributed by atoms with E-state index in [0.717, 1.165) is 11.4 Å². The van der Waals surface area contributed by atoms with Gasteiger partial charge in [-0.1, -0.05) is 6.07 Å². The summed E-state index contributed by atoms with van der Waals surface area (Å²) >= 11 is 0. The molecule has 8 heteroatoms. The third-order valence-electron chi connectivity index (χ3n) is 2.13. The van der Waals surface area contributed by atoms with Crippen LogP contribution in [0, 0.1) is 0 Å². The SMILES string of the molecule is C1=NNNN1c1cccc(-n2cnnn2)c1. The fourth-order valence-corrected chi connectivity index (χ4v) is 1.39. The molecule has 8 nitrogen and oxygen atoms in total. The van der Waals surface area contributed by atoms with Crippen LogP contribution in [0.2, 0.25) is 0 Å². The van der Waals surface area contributed by atoms with E-state index in [1.165, 1.54) is 0 Å². The van der Waals surface area contributed by atoms with Gasteiger partial charge in [0, 0.05) is 0 Å². The number of hydrazine groups is 2. The topological polar surface area (TPSA) is 83.3 Å². The van der Waals surface area contributed by atoms with Crippen LogP contribution in [-0.4, -0.2) is 26.5 Å². The molecule has 1 aromatic carbocycles. The Bertz CT molecular complexity index is 505. The summed E-state index contributed by atoms with van der Waals surface area (Å²) in [7, 11) is 0. The summed E-state index contributed by atoms with van der Waals surface area (Å²) in [5.74, 6) is 0. The van der Waals surface area contributed by atoms with Gasteiger partial charge in [-0.05, 0) is 28.6 Å². The standard InChI is InChI=1S/C8H8N8/c1-2-7(15-5-9-11-13-15)4-8(3-1)16-6-10-12-14-16/h1-6,11,13H. The van der Waals surface area contributed by atoms with Gasteiger partial charge in [-0.25, -0.2) is 15.2 Å². The minimum atomic E-state index is 0.879. The molecule has 0 aliphatic carbocycles. The fraction of sp³-hybridized carbons (Fsp3) is 0. The average molecular weight is 216 g/mol. The summed E-state index contributed by atoms with van der Waals surface area (Å²) < 4.78 is 1.59. The number of benzene rings is 1. The second-order valence-corrected chi connectivity index (χ2v) is 3.11. The van der Waals surface area contributed by atoms with E-state index in [1.807, 2.05) is 24.3 Å². The number of nitrogens with one attached hydrogen (secondary N) is 2. The van der Waals surface area contributed by atoms with E-state index >= 15 is 0 Å². The summed E-state index contributed by atoms with van der Waals surface area (Å²) in [6, 6.07) is 7.71. The van der Waals surface area contributed by atoms with E-state index in [2.05, 4.69) is 31.7 Å². The number of nitrogens with zero attached hydrogens (tertiary/aromatic N) is 6. The van der Waals surface area contributed by atoms with E-state index in [0.29, 0.717) is 0 Å². The predicted octanol–water partition coefficient (Wildman–Crippen LogP) is -0.565. The van der Waals surface area contributed by atoms with E-state index in [-0.39, 0.29) is 0 Å². The summed E-state index contributed by atoms with van der Waals surface area (Å²) in [6.07, 6.45) is 3.18. The Hall–Kier alpha value is -2.48. The number of anilines is 1. The van der Waals surface area contributed by atoms with Crippen molar-refractivity contribution in [3.63, 3.8) is 0 Å². The first-order valence-corrected chi connectivity index (χ1v) is 4.60. The zero-order valence-corrected chi connectivity index (χ0v) is 8.15. The molecule has 2 aromatic rings. The van der Waals surface area contributed by atoms with E-state index in [1.54, 1.807) is 22.4 Å². The van der Waals surface area contributed by atoms with E-state index < -0.39 is 0 Å². The summed E-state index contributed by atoms with van der Waals surface area (Å²) in [5, 5.41) is 16.6. The lowest BCUT2D eigenvalue weighted by Crippen LogP contribution is -2.37. The Balaban J connectivity index is 1.96. The van der Waals surface area contributed by atoms with Crippen LogP contribution in [0.5, 0.6) is 0 Å². The van der Waals surface area contributed by atoms with Crippen LogP contribution < -0.4 is 16.1 Å². The maximum Gasteiger partial charge on any atom is 0.143 e. The number of hydrazone groups is 1. The molecule has 16 heavy (non-hydrogen) atoms. The van der Waals surface area contributed by atoms with Crippen LogP contribution in [0.1, 0.15) is 0 Å². The maximum absolute atomic E-state index is 3.83. The average Bonchev–Trinajstić information content (AvgIpc) is 3.03. The number of tetrazole rings is 1. The minimum absolute atomic E-state index is 0.879. The highest BCUT2D eigenvalue weighted by Crippen LogP contribution is 2.16. The first-order chi connectivity index (χ1) is 7.93. The third kappa shape index (κ3) is 1.46. The molecule has 1 aliphatic heterocycles. The molecule has 0 saturated carbocycles. The van der Waals surface area contributed by atoms with Crippen LogP contribution in [0.15, 0.2) is 35.7 Å². The number of hydrogen-bond donors (Lipinski definition) is 2. The van der Waals surface area contributed by atoms with Crippen molar-refractivity contribution >= 4 is 12.0 Å². The highest BCUT2D eigenvalue weighted by molar-refractivity contribution is 5.79. The van der Waals surface area contributed by atoms with Gasteiger partial charge in [0.2, 0.25) is 0 Å². The molecule has 3 rings (SSSR count). The smallest absolute Gasteiger partial charge is 0.143 e. The quantitative estimate of drug-likeness (QED) is 0.699. The first-order valence-electron chi connectivity index (χ1n) is 4.60. The zero-order valence-electron chi connectivity index (χ0n) is 8.15. The van der Waals surface area contributed by atoms with Crippen molar-refractivity contribution < 1.29 is 0 Å². The monoisotopic (exact) mass is 216 g/mol. The highest BCUT2D eigenvalue weighted by atomic mass is 15.8. The molecule has 0 amide bonds. The van der Waals surface area contributed by atoms with Gasteiger partial charge in [-0.2, -0.15) is 5.10 Å². The predicted molar refractivity (Wildman–Crippen MR) is 56.4 cm³/mol.